The maximum Gasteiger partial charge on any atom is 0.410 e. The molecule has 4 rings (SSSR count). The number of aromatic nitrogens is 2. The van der Waals surface area contributed by atoms with E-state index in [2.05, 4.69) is 23.4 Å². The van der Waals surface area contributed by atoms with Crippen LogP contribution < -0.4 is 14.8 Å². The van der Waals surface area contributed by atoms with Gasteiger partial charge in [0, 0.05) is 42.9 Å². The van der Waals surface area contributed by atoms with Gasteiger partial charge in [-0.3, -0.25) is 4.79 Å². The topological polar surface area (TPSA) is 94.9 Å². The Kier molecular flexibility index (Phi) is 8.18. The third kappa shape index (κ3) is 6.53. The van der Waals surface area contributed by atoms with Gasteiger partial charge in [-0.25, -0.2) is 9.48 Å². The van der Waals surface area contributed by atoms with Crippen molar-refractivity contribution in [3.05, 3.63) is 65.0 Å². The lowest BCUT2D eigenvalue weighted by atomic mass is 9.90. The van der Waals surface area contributed by atoms with E-state index in [0.717, 1.165) is 22.5 Å². The highest BCUT2D eigenvalue weighted by molar-refractivity contribution is 6.05. The first-order valence-electron chi connectivity index (χ1n) is 13.2. The molecule has 1 aromatic heterocycles. The van der Waals surface area contributed by atoms with Crippen molar-refractivity contribution in [1.29, 1.82) is 0 Å². The standard InChI is InChI=1S/C30H38N4O5/c1-19-8-9-26(20(2)14-19)34-27(21-10-12-33(13-11-21)29(36)39-30(3,4)5)25(18-31-34)28(35)32-22-15-23(37-6)17-24(16-22)38-7/h8-9,14-18,21H,10-13H2,1-7H3,(H,32,35). The van der Waals surface area contributed by atoms with E-state index in [0.29, 0.717) is 48.7 Å². The van der Waals surface area contributed by atoms with E-state index in [1.165, 1.54) is 0 Å². The minimum absolute atomic E-state index is 0.0208. The van der Waals surface area contributed by atoms with Crippen LogP contribution in [0.4, 0.5) is 10.5 Å². The number of hydrogen-bond acceptors (Lipinski definition) is 6. The summed E-state index contributed by atoms with van der Waals surface area (Å²) < 4.78 is 18.2. The summed E-state index contributed by atoms with van der Waals surface area (Å²) >= 11 is 0. The number of ether oxygens (including phenoxy) is 3. The molecule has 9 nitrogen and oxygen atoms in total. The molecular weight excluding hydrogens is 496 g/mol. The van der Waals surface area contributed by atoms with Crippen molar-refractivity contribution >= 4 is 17.7 Å². The monoisotopic (exact) mass is 534 g/mol. The quantitative estimate of drug-likeness (QED) is 0.425. The van der Waals surface area contributed by atoms with Crippen molar-refractivity contribution in [3.63, 3.8) is 0 Å². The first-order chi connectivity index (χ1) is 18.5. The SMILES string of the molecule is COc1cc(NC(=O)c2cnn(-c3ccc(C)cc3C)c2C2CCN(C(=O)OC(C)(C)C)CC2)cc(OC)c1. The summed E-state index contributed by atoms with van der Waals surface area (Å²) in [5.41, 5.74) is 4.47. The van der Waals surface area contributed by atoms with E-state index in [-0.39, 0.29) is 17.9 Å². The van der Waals surface area contributed by atoms with Crippen LogP contribution >= 0.6 is 0 Å². The molecule has 1 aliphatic heterocycles. The predicted octanol–water partition coefficient (Wildman–Crippen LogP) is 5.87. The van der Waals surface area contributed by atoms with Crippen molar-refractivity contribution in [2.24, 2.45) is 0 Å². The minimum Gasteiger partial charge on any atom is -0.497 e. The highest BCUT2D eigenvalue weighted by atomic mass is 16.6. The molecule has 1 N–H and O–H groups in total. The largest absolute Gasteiger partial charge is 0.497 e. The molecule has 1 aliphatic rings. The second kappa shape index (κ2) is 11.4. The number of rotatable bonds is 6. The molecule has 2 heterocycles. The second-order valence-corrected chi connectivity index (χ2v) is 10.9. The van der Waals surface area contributed by atoms with Crippen LogP contribution in [0.25, 0.3) is 5.69 Å². The maximum absolute atomic E-state index is 13.7. The van der Waals surface area contributed by atoms with Gasteiger partial charge < -0.3 is 24.4 Å². The van der Waals surface area contributed by atoms with Crippen LogP contribution in [0.5, 0.6) is 11.5 Å². The lowest BCUT2D eigenvalue weighted by Gasteiger charge is -2.34. The smallest absolute Gasteiger partial charge is 0.410 e. The Morgan fingerprint density at radius 2 is 1.62 bits per heavy atom. The van der Waals surface area contributed by atoms with Crippen LogP contribution in [0.3, 0.4) is 0 Å². The zero-order chi connectivity index (χ0) is 28.3. The van der Waals surface area contributed by atoms with Crippen LogP contribution in [0.15, 0.2) is 42.6 Å². The third-order valence-electron chi connectivity index (χ3n) is 6.77. The number of hydrogen-bond donors (Lipinski definition) is 1. The summed E-state index contributed by atoms with van der Waals surface area (Å²) in [5.74, 6) is 0.897. The van der Waals surface area contributed by atoms with E-state index in [1.807, 2.05) is 44.5 Å². The van der Waals surface area contributed by atoms with Gasteiger partial charge in [-0.15, -0.1) is 0 Å². The first kappa shape index (κ1) is 28.0. The second-order valence-electron chi connectivity index (χ2n) is 10.9. The Morgan fingerprint density at radius 1 is 0.974 bits per heavy atom. The Balaban J connectivity index is 1.66. The van der Waals surface area contributed by atoms with Crippen molar-refractivity contribution in [2.75, 3.05) is 32.6 Å². The lowest BCUT2D eigenvalue weighted by Crippen LogP contribution is -2.41. The molecule has 9 heteroatoms. The van der Waals surface area contributed by atoms with Crippen LogP contribution in [0, 0.1) is 13.8 Å². The number of anilines is 1. The molecule has 39 heavy (non-hydrogen) atoms. The van der Waals surface area contributed by atoms with Crippen molar-refractivity contribution in [2.45, 2.75) is 59.0 Å². The highest BCUT2D eigenvalue weighted by Gasteiger charge is 2.32. The summed E-state index contributed by atoms with van der Waals surface area (Å²) in [5, 5.41) is 7.68. The molecule has 2 amide bonds. The number of benzene rings is 2. The van der Waals surface area contributed by atoms with Crippen molar-refractivity contribution in [3.8, 4) is 17.2 Å². The summed E-state index contributed by atoms with van der Waals surface area (Å²) in [7, 11) is 3.13. The van der Waals surface area contributed by atoms with Gasteiger partial charge in [-0.05, 0) is 59.1 Å². The molecule has 0 atom stereocenters. The predicted molar refractivity (Wildman–Crippen MR) is 150 cm³/mol. The van der Waals surface area contributed by atoms with Crippen LogP contribution in [-0.4, -0.2) is 59.6 Å². The number of likely N-dealkylation sites (tertiary alicyclic amines) is 1. The molecule has 0 spiro atoms. The van der Waals surface area contributed by atoms with E-state index >= 15 is 0 Å². The fourth-order valence-corrected chi connectivity index (χ4v) is 4.90. The van der Waals surface area contributed by atoms with Gasteiger partial charge in [0.15, 0.2) is 0 Å². The zero-order valence-corrected chi connectivity index (χ0v) is 23.8. The number of aryl methyl sites for hydroxylation is 2. The van der Waals surface area contributed by atoms with Gasteiger partial charge >= 0.3 is 6.09 Å². The Labute approximate surface area is 230 Å². The molecule has 2 aromatic carbocycles. The van der Waals surface area contributed by atoms with Crippen LogP contribution in [0.2, 0.25) is 0 Å². The van der Waals surface area contributed by atoms with Gasteiger partial charge in [-0.1, -0.05) is 17.7 Å². The molecule has 1 fully saturated rings. The van der Waals surface area contributed by atoms with Gasteiger partial charge in [0.25, 0.3) is 5.91 Å². The number of methoxy groups -OCH3 is 2. The molecule has 1 saturated heterocycles. The van der Waals surface area contributed by atoms with Gasteiger partial charge in [0.1, 0.15) is 17.1 Å². The Morgan fingerprint density at radius 3 is 2.18 bits per heavy atom. The van der Waals surface area contributed by atoms with Crippen LogP contribution in [-0.2, 0) is 4.74 Å². The van der Waals surface area contributed by atoms with Gasteiger partial charge in [0.2, 0.25) is 0 Å². The van der Waals surface area contributed by atoms with Gasteiger partial charge in [-0.2, -0.15) is 5.10 Å². The molecule has 0 unspecified atom stereocenters. The number of amides is 2. The zero-order valence-electron chi connectivity index (χ0n) is 23.8. The Bertz CT molecular complexity index is 1330. The molecular formula is C30H38N4O5. The molecule has 0 bridgehead atoms. The highest BCUT2D eigenvalue weighted by Crippen LogP contribution is 2.34. The lowest BCUT2D eigenvalue weighted by molar-refractivity contribution is 0.0203. The maximum atomic E-state index is 13.7. The molecule has 208 valence electrons. The van der Waals surface area contributed by atoms with Crippen molar-refractivity contribution < 1.29 is 23.8 Å². The van der Waals surface area contributed by atoms with Crippen molar-refractivity contribution in [1.82, 2.24) is 14.7 Å². The number of carbonyl (C=O) groups excluding carboxylic acids is 2. The Hall–Kier alpha value is -4.01. The fraction of sp³-hybridized carbons (Fsp3) is 0.433. The van der Waals surface area contributed by atoms with Crippen LogP contribution in [0.1, 0.15) is 66.7 Å². The third-order valence-corrected chi connectivity index (χ3v) is 6.77. The number of piperidine rings is 1. The number of nitrogens with zero attached hydrogens (tertiary/aromatic N) is 3. The number of nitrogens with one attached hydrogen (secondary N) is 1. The molecule has 0 saturated carbocycles. The summed E-state index contributed by atoms with van der Waals surface area (Å²) in [6, 6.07) is 11.4. The normalized spacial score (nSPS) is 14.2. The molecule has 0 aliphatic carbocycles. The van der Waals surface area contributed by atoms with E-state index in [4.69, 9.17) is 14.2 Å². The van der Waals surface area contributed by atoms with E-state index in [1.54, 1.807) is 43.5 Å². The average molecular weight is 535 g/mol. The summed E-state index contributed by atoms with van der Waals surface area (Å²) in [4.78, 5) is 28.1. The molecule has 0 radical (unpaired) electrons. The average Bonchev–Trinajstić information content (AvgIpc) is 3.32. The first-order valence-corrected chi connectivity index (χ1v) is 13.2. The van der Waals surface area contributed by atoms with E-state index < -0.39 is 5.60 Å². The van der Waals surface area contributed by atoms with E-state index in [9.17, 15) is 9.59 Å². The molecule has 3 aromatic rings. The summed E-state index contributed by atoms with van der Waals surface area (Å²) in [6.07, 6.45) is 2.68. The van der Waals surface area contributed by atoms with Gasteiger partial charge in [0.05, 0.1) is 37.4 Å². The minimum atomic E-state index is -0.552. The summed E-state index contributed by atoms with van der Waals surface area (Å²) in [6.45, 7) is 10.8. The number of carbonyl (C=O) groups is 2. The fourth-order valence-electron chi connectivity index (χ4n) is 4.90.